The van der Waals surface area contributed by atoms with E-state index in [1.807, 2.05) is 13.0 Å². The lowest BCUT2D eigenvalue weighted by atomic mass is 10.0. The van der Waals surface area contributed by atoms with Crippen LogP contribution in [0.2, 0.25) is 0 Å². The van der Waals surface area contributed by atoms with Gasteiger partial charge in [0.2, 0.25) is 5.91 Å². The second-order valence-corrected chi connectivity index (χ2v) is 4.88. The Labute approximate surface area is 119 Å². The lowest BCUT2D eigenvalue weighted by Crippen LogP contribution is -2.30. The van der Waals surface area contributed by atoms with Crippen LogP contribution in [0.4, 0.5) is 4.39 Å². The van der Waals surface area contributed by atoms with Crippen LogP contribution in [0.3, 0.4) is 0 Å². The summed E-state index contributed by atoms with van der Waals surface area (Å²) in [5.74, 6) is -0.321. The molecule has 0 bridgehead atoms. The van der Waals surface area contributed by atoms with Gasteiger partial charge in [-0.2, -0.15) is 5.26 Å². The fourth-order valence-electron chi connectivity index (χ4n) is 1.91. The van der Waals surface area contributed by atoms with Gasteiger partial charge in [-0.25, -0.2) is 4.39 Å². The first kappa shape index (κ1) is 16.1. The third-order valence-electron chi connectivity index (χ3n) is 3.38. The maximum absolute atomic E-state index is 13.7. The third kappa shape index (κ3) is 4.32. The van der Waals surface area contributed by atoms with Crippen LogP contribution in [-0.2, 0) is 11.3 Å². The number of halogens is 1. The van der Waals surface area contributed by atoms with Crippen molar-refractivity contribution in [3.8, 4) is 6.07 Å². The largest absolute Gasteiger partial charge is 0.341 e. The van der Waals surface area contributed by atoms with Gasteiger partial charge in [0.25, 0.3) is 0 Å². The zero-order chi connectivity index (χ0) is 15.1. The molecule has 0 radical (unpaired) electrons. The highest BCUT2D eigenvalue weighted by atomic mass is 19.1. The van der Waals surface area contributed by atoms with Crippen LogP contribution >= 0.6 is 0 Å². The number of amides is 1. The Hall–Kier alpha value is -1.93. The number of carbonyl (C=O) groups excluding carboxylic acids is 1. The summed E-state index contributed by atoms with van der Waals surface area (Å²) in [7, 11) is 1.63. The molecule has 4 nitrogen and oxygen atoms in total. The topological polar surface area (TPSA) is 70.1 Å². The van der Waals surface area contributed by atoms with Gasteiger partial charge < -0.3 is 10.6 Å². The molecule has 1 aromatic rings. The minimum absolute atomic E-state index is 0.0657. The summed E-state index contributed by atoms with van der Waals surface area (Å²) in [6.45, 7) is 2.61. The van der Waals surface area contributed by atoms with Gasteiger partial charge in [0.1, 0.15) is 5.82 Å². The van der Waals surface area contributed by atoms with Crippen molar-refractivity contribution in [2.24, 2.45) is 11.7 Å². The molecule has 0 saturated heterocycles. The summed E-state index contributed by atoms with van der Waals surface area (Å²) in [5, 5.41) is 8.81. The molecule has 1 aromatic carbocycles. The SMILES string of the molecule is CCC(CN)CC(=O)N(C)Cc1cc(C#N)ccc1F. The predicted octanol–water partition coefficient (Wildman–Crippen LogP) is 2.03. The van der Waals surface area contributed by atoms with Gasteiger partial charge in [-0.05, 0) is 30.7 Å². The number of nitrogens with zero attached hydrogens (tertiary/aromatic N) is 2. The summed E-state index contributed by atoms with van der Waals surface area (Å²) in [4.78, 5) is 13.5. The Morgan fingerprint density at radius 1 is 1.55 bits per heavy atom. The minimum Gasteiger partial charge on any atom is -0.341 e. The molecule has 0 aliphatic heterocycles. The highest BCUT2D eigenvalue weighted by molar-refractivity contribution is 5.76. The smallest absolute Gasteiger partial charge is 0.222 e. The first-order valence-electron chi connectivity index (χ1n) is 6.64. The van der Waals surface area contributed by atoms with E-state index in [9.17, 15) is 9.18 Å². The van der Waals surface area contributed by atoms with E-state index < -0.39 is 5.82 Å². The summed E-state index contributed by atoms with van der Waals surface area (Å²) < 4.78 is 13.7. The average Bonchev–Trinajstić information content (AvgIpc) is 2.46. The molecule has 0 aromatic heterocycles. The van der Waals surface area contributed by atoms with Gasteiger partial charge in [0, 0.05) is 25.6 Å². The molecule has 1 amide bonds. The maximum Gasteiger partial charge on any atom is 0.222 e. The number of hydrogen-bond donors (Lipinski definition) is 1. The van der Waals surface area contributed by atoms with E-state index in [1.165, 1.54) is 23.1 Å². The first-order chi connectivity index (χ1) is 9.51. The van der Waals surface area contributed by atoms with E-state index >= 15 is 0 Å². The highest BCUT2D eigenvalue weighted by Crippen LogP contribution is 2.14. The second-order valence-electron chi connectivity index (χ2n) is 4.88. The van der Waals surface area contributed by atoms with Crippen LogP contribution in [0, 0.1) is 23.1 Å². The molecule has 108 valence electrons. The van der Waals surface area contributed by atoms with Crippen molar-refractivity contribution in [3.63, 3.8) is 0 Å². The number of rotatable bonds is 6. The fraction of sp³-hybridized carbons (Fsp3) is 0.467. The molecule has 0 aliphatic carbocycles. The van der Waals surface area contributed by atoms with E-state index in [1.54, 1.807) is 7.05 Å². The lowest BCUT2D eigenvalue weighted by Gasteiger charge is -2.20. The summed E-state index contributed by atoms with van der Waals surface area (Å²) >= 11 is 0. The molecule has 0 fully saturated rings. The van der Waals surface area contributed by atoms with Crippen LogP contribution < -0.4 is 5.73 Å². The number of carbonyl (C=O) groups is 1. The lowest BCUT2D eigenvalue weighted by molar-refractivity contribution is -0.131. The van der Waals surface area contributed by atoms with Gasteiger partial charge >= 0.3 is 0 Å². The Bertz CT molecular complexity index is 506. The predicted molar refractivity (Wildman–Crippen MR) is 75.0 cm³/mol. The van der Waals surface area contributed by atoms with Crippen molar-refractivity contribution in [2.75, 3.05) is 13.6 Å². The van der Waals surface area contributed by atoms with E-state index in [2.05, 4.69) is 0 Å². The Morgan fingerprint density at radius 2 is 2.25 bits per heavy atom. The fourth-order valence-corrected chi connectivity index (χ4v) is 1.91. The quantitative estimate of drug-likeness (QED) is 0.865. The van der Waals surface area contributed by atoms with Crippen molar-refractivity contribution in [1.29, 1.82) is 5.26 Å². The number of benzene rings is 1. The Kier molecular flexibility index (Phi) is 6.13. The molecular weight excluding hydrogens is 257 g/mol. The molecular formula is C15H20FN3O. The minimum atomic E-state index is -0.408. The number of nitriles is 1. The van der Waals surface area contributed by atoms with Crippen molar-refractivity contribution in [3.05, 3.63) is 35.1 Å². The molecule has 0 heterocycles. The first-order valence-corrected chi connectivity index (χ1v) is 6.64. The molecule has 1 unspecified atom stereocenters. The van der Waals surface area contributed by atoms with E-state index in [4.69, 9.17) is 11.0 Å². The van der Waals surface area contributed by atoms with E-state index in [0.717, 1.165) is 6.42 Å². The normalized spacial score (nSPS) is 11.8. The van der Waals surface area contributed by atoms with Crippen LogP contribution in [0.1, 0.15) is 30.9 Å². The Balaban J connectivity index is 2.73. The van der Waals surface area contributed by atoms with Gasteiger partial charge in [0.15, 0.2) is 0 Å². The van der Waals surface area contributed by atoms with Gasteiger partial charge in [-0.15, -0.1) is 0 Å². The van der Waals surface area contributed by atoms with Crippen LogP contribution in [-0.4, -0.2) is 24.4 Å². The van der Waals surface area contributed by atoms with Crippen molar-refractivity contribution in [1.82, 2.24) is 4.90 Å². The zero-order valence-corrected chi connectivity index (χ0v) is 11.9. The van der Waals surface area contributed by atoms with Gasteiger partial charge in [-0.1, -0.05) is 13.3 Å². The molecule has 0 spiro atoms. The van der Waals surface area contributed by atoms with Crippen molar-refractivity contribution in [2.45, 2.75) is 26.3 Å². The van der Waals surface area contributed by atoms with Gasteiger partial charge in [0.05, 0.1) is 11.6 Å². The molecule has 20 heavy (non-hydrogen) atoms. The highest BCUT2D eigenvalue weighted by Gasteiger charge is 2.16. The van der Waals surface area contributed by atoms with E-state index in [-0.39, 0.29) is 18.4 Å². The van der Waals surface area contributed by atoms with Crippen LogP contribution in [0.5, 0.6) is 0 Å². The Morgan fingerprint density at radius 3 is 2.80 bits per heavy atom. The molecule has 1 atom stereocenters. The standard InChI is InChI=1S/C15H20FN3O/c1-3-11(8-17)7-15(20)19(2)10-13-6-12(9-18)4-5-14(13)16/h4-6,11H,3,7-8,10,17H2,1-2H3. The molecule has 1 rings (SSSR count). The number of nitrogens with two attached hydrogens (primary N) is 1. The summed E-state index contributed by atoms with van der Waals surface area (Å²) in [6, 6.07) is 6.10. The molecule has 0 saturated carbocycles. The molecule has 0 aliphatic rings. The molecule has 5 heteroatoms. The van der Waals surface area contributed by atoms with Crippen molar-refractivity contribution >= 4 is 5.91 Å². The third-order valence-corrected chi connectivity index (χ3v) is 3.38. The zero-order valence-electron chi connectivity index (χ0n) is 11.9. The van der Waals surface area contributed by atoms with Gasteiger partial charge in [-0.3, -0.25) is 4.79 Å². The van der Waals surface area contributed by atoms with Crippen LogP contribution in [0.15, 0.2) is 18.2 Å². The number of hydrogen-bond acceptors (Lipinski definition) is 3. The maximum atomic E-state index is 13.7. The summed E-state index contributed by atoms with van der Waals surface area (Å²) in [6.07, 6.45) is 1.21. The van der Waals surface area contributed by atoms with Crippen LogP contribution in [0.25, 0.3) is 0 Å². The average molecular weight is 277 g/mol. The van der Waals surface area contributed by atoms with Crippen molar-refractivity contribution < 1.29 is 9.18 Å². The summed E-state index contributed by atoms with van der Waals surface area (Å²) in [5.41, 5.74) is 6.31. The monoisotopic (exact) mass is 277 g/mol. The molecule has 2 N–H and O–H groups in total. The van der Waals surface area contributed by atoms with E-state index in [0.29, 0.717) is 24.1 Å². The second kappa shape index (κ2) is 7.61.